The highest BCUT2D eigenvalue weighted by Gasteiger charge is 2.34. The number of rotatable bonds is 6. The van der Waals surface area contributed by atoms with Gasteiger partial charge < -0.3 is 5.32 Å². The lowest BCUT2D eigenvalue weighted by molar-refractivity contribution is -0.137. The van der Waals surface area contributed by atoms with Crippen molar-refractivity contribution in [3.63, 3.8) is 0 Å². The average molecular weight is 414 g/mol. The first-order chi connectivity index (χ1) is 12.9. The third-order valence-corrected chi connectivity index (χ3v) is 5.42. The van der Waals surface area contributed by atoms with E-state index in [0.717, 1.165) is 24.0 Å². The Hall–Kier alpha value is -2.55. The molecule has 1 N–H and O–H groups in total. The van der Waals surface area contributed by atoms with Crippen LogP contribution in [0.4, 0.5) is 18.9 Å². The number of halogens is 3. The standard InChI is InChI=1S/C19H21F3N2O3S/c1-13(15-8-5-4-6-9-15)23-18(25)14(2)24(28(3,26)27)17-11-7-10-16(12-17)19(20,21)22/h4-14H,1-3H3,(H,23,25)/t13-,14-/m1/s1. The average Bonchev–Trinajstić information content (AvgIpc) is 2.60. The normalized spacial score (nSPS) is 14.2. The van der Waals surface area contributed by atoms with E-state index in [0.29, 0.717) is 10.4 Å². The number of benzene rings is 2. The zero-order valence-electron chi connectivity index (χ0n) is 15.6. The zero-order valence-corrected chi connectivity index (χ0v) is 16.4. The van der Waals surface area contributed by atoms with Crippen molar-refractivity contribution in [3.05, 3.63) is 65.7 Å². The Morgan fingerprint density at radius 1 is 1.04 bits per heavy atom. The van der Waals surface area contributed by atoms with Gasteiger partial charge in [0.05, 0.1) is 23.5 Å². The van der Waals surface area contributed by atoms with E-state index in [9.17, 15) is 26.4 Å². The molecule has 152 valence electrons. The molecular weight excluding hydrogens is 393 g/mol. The molecule has 9 heteroatoms. The summed E-state index contributed by atoms with van der Waals surface area (Å²) < 4.78 is 64.2. The monoisotopic (exact) mass is 414 g/mol. The minimum absolute atomic E-state index is 0.229. The van der Waals surface area contributed by atoms with Crippen LogP contribution in [0, 0.1) is 0 Å². The second-order valence-electron chi connectivity index (χ2n) is 6.42. The molecule has 0 fully saturated rings. The fourth-order valence-corrected chi connectivity index (χ4v) is 3.95. The summed E-state index contributed by atoms with van der Waals surface area (Å²) in [6, 6.07) is 11.3. The number of anilines is 1. The summed E-state index contributed by atoms with van der Waals surface area (Å²) >= 11 is 0. The van der Waals surface area contributed by atoms with Crippen LogP contribution in [0.15, 0.2) is 54.6 Å². The van der Waals surface area contributed by atoms with Gasteiger partial charge in [0, 0.05) is 0 Å². The van der Waals surface area contributed by atoms with Gasteiger partial charge in [0.15, 0.2) is 0 Å². The van der Waals surface area contributed by atoms with Gasteiger partial charge in [-0.2, -0.15) is 13.2 Å². The fraction of sp³-hybridized carbons (Fsp3) is 0.316. The molecule has 2 aromatic rings. The molecule has 2 rings (SSSR count). The van der Waals surface area contributed by atoms with Crippen molar-refractivity contribution >= 4 is 21.6 Å². The summed E-state index contributed by atoms with van der Waals surface area (Å²) in [5.74, 6) is -0.626. The van der Waals surface area contributed by atoms with E-state index >= 15 is 0 Å². The Labute approximate surface area is 162 Å². The van der Waals surface area contributed by atoms with Crippen LogP contribution >= 0.6 is 0 Å². The van der Waals surface area contributed by atoms with Gasteiger partial charge in [-0.3, -0.25) is 9.10 Å². The maximum Gasteiger partial charge on any atom is 0.416 e. The van der Waals surface area contributed by atoms with E-state index in [1.807, 2.05) is 6.07 Å². The zero-order chi connectivity index (χ0) is 21.1. The number of nitrogens with zero attached hydrogens (tertiary/aromatic N) is 1. The van der Waals surface area contributed by atoms with Crippen LogP contribution in [0.25, 0.3) is 0 Å². The van der Waals surface area contributed by atoms with Gasteiger partial charge in [-0.15, -0.1) is 0 Å². The number of hydrogen-bond donors (Lipinski definition) is 1. The Bertz CT molecular complexity index is 931. The van der Waals surface area contributed by atoms with Gasteiger partial charge >= 0.3 is 6.18 Å². The van der Waals surface area contributed by atoms with Crippen molar-refractivity contribution in [1.82, 2.24) is 5.32 Å². The molecule has 0 radical (unpaired) electrons. The lowest BCUT2D eigenvalue weighted by atomic mass is 10.1. The maximum atomic E-state index is 13.0. The molecule has 5 nitrogen and oxygen atoms in total. The van der Waals surface area contributed by atoms with E-state index in [1.54, 1.807) is 31.2 Å². The molecule has 2 aromatic carbocycles. The van der Waals surface area contributed by atoms with Gasteiger partial charge in [0.2, 0.25) is 15.9 Å². The van der Waals surface area contributed by atoms with Gasteiger partial charge in [-0.05, 0) is 37.6 Å². The van der Waals surface area contributed by atoms with Crippen molar-refractivity contribution in [3.8, 4) is 0 Å². The molecule has 1 amide bonds. The number of carbonyl (C=O) groups is 1. The van der Waals surface area contributed by atoms with Gasteiger partial charge in [0.25, 0.3) is 0 Å². The van der Waals surface area contributed by atoms with Gasteiger partial charge in [0.1, 0.15) is 6.04 Å². The van der Waals surface area contributed by atoms with Crippen LogP contribution in [0.3, 0.4) is 0 Å². The number of hydrogen-bond acceptors (Lipinski definition) is 3. The Morgan fingerprint density at radius 2 is 1.64 bits per heavy atom. The van der Waals surface area contributed by atoms with E-state index in [2.05, 4.69) is 5.32 Å². The number of amides is 1. The second-order valence-corrected chi connectivity index (χ2v) is 8.28. The quantitative estimate of drug-likeness (QED) is 0.783. The predicted molar refractivity (Wildman–Crippen MR) is 101 cm³/mol. The summed E-state index contributed by atoms with van der Waals surface area (Å²) in [5, 5.41) is 2.70. The van der Waals surface area contributed by atoms with E-state index < -0.39 is 39.8 Å². The SMILES string of the molecule is C[C@H](C(=O)N[C@H](C)c1ccccc1)N(c1cccc(C(F)(F)F)c1)S(C)(=O)=O. The minimum atomic E-state index is -4.63. The largest absolute Gasteiger partial charge is 0.416 e. The van der Waals surface area contributed by atoms with E-state index in [-0.39, 0.29) is 5.69 Å². The molecule has 0 aliphatic carbocycles. The fourth-order valence-electron chi connectivity index (χ4n) is 2.79. The molecule has 28 heavy (non-hydrogen) atoms. The first-order valence-corrected chi connectivity index (χ1v) is 10.3. The molecule has 0 saturated heterocycles. The summed E-state index contributed by atoms with van der Waals surface area (Å²) in [6.07, 6.45) is -3.79. The number of alkyl halides is 3. The molecule has 0 aliphatic rings. The van der Waals surface area contributed by atoms with E-state index in [1.165, 1.54) is 13.0 Å². The Kier molecular flexibility index (Phi) is 6.38. The lowest BCUT2D eigenvalue weighted by Crippen LogP contribution is -2.48. The van der Waals surface area contributed by atoms with Crippen LogP contribution in [0.2, 0.25) is 0 Å². The second kappa shape index (κ2) is 8.22. The molecule has 0 spiro atoms. The third kappa shape index (κ3) is 5.25. The van der Waals surface area contributed by atoms with Crippen LogP contribution in [0.5, 0.6) is 0 Å². The summed E-state index contributed by atoms with van der Waals surface area (Å²) in [6.45, 7) is 3.06. The van der Waals surface area contributed by atoms with Crippen molar-refractivity contribution < 1.29 is 26.4 Å². The first kappa shape index (κ1) is 21.7. The molecule has 2 atom stereocenters. The number of nitrogens with one attached hydrogen (secondary N) is 1. The highest BCUT2D eigenvalue weighted by atomic mass is 32.2. The van der Waals surface area contributed by atoms with Crippen LogP contribution in [0.1, 0.15) is 31.0 Å². The topological polar surface area (TPSA) is 66.5 Å². The molecule has 0 bridgehead atoms. The van der Waals surface area contributed by atoms with Gasteiger partial charge in [-0.1, -0.05) is 36.4 Å². The molecule has 0 aliphatic heterocycles. The summed E-state index contributed by atoms with van der Waals surface area (Å²) in [5.41, 5.74) is -0.413. The van der Waals surface area contributed by atoms with Crippen molar-refractivity contribution in [2.45, 2.75) is 32.1 Å². The molecule has 0 heterocycles. The highest BCUT2D eigenvalue weighted by molar-refractivity contribution is 7.92. The molecule has 0 saturated carbocycles. The first-order valence-electron chi connectivity index (χ1n) is 8.43. The van der Waals surface area contributed by atoms with E-state index in [4.69, 9.17) is 0 Å². The highest BCUT2D eigenvalue weighted by Crippen LogP contribution is 2.32. The van der Waals surface area contributed by atoms with Crippen LogP contribution in [-0.4, -0.2) is 26.6 Å². The molecule has 0 aromatic heterocycles. The number of carbonyl (C=O) groups excluding carboxylic acids is 1. The summed E-state index contributed by atoms with van der Waals surface area (Å²) in [7, 11) is -4.02. The smallest absolute Gasteiger partial charge is 0.348 e. The maximum absolute atomic E-state index is 13.0. The van der Waals surface area contributed by atoms with Crippen LogP contribution in [-0.2, 0) is 21.0 Å². The molecular formula is C19H21F3N2O3S. The predicted octanol–water partition coefficient (Wildman–Crippen LogP) is 3.74. The minimum Gasteiger partial charge on any atom is -0.348 e. The van der Waals surface area contributed by atoms with Crippen LogP contribution < -0.4 is 9.62 Å². The Morgan fingerprint density at radius 3 is 2.18 bits per heavy atom. The molecule has 0 unspecified atom stereocenters. The van der Waals surface area contributed by atoms with Crippen molar-refractivity contribution in [2.24, 2.45) is 0 Å². The van der Waals surface area contributed by atoms with Crippen molar-refractivity contribution in [1.29, 1.82) is 0 Å². The van der Waals surface area contributed by atoms with Gasteiger partial charge in [-0.25, -0.2) is 8.42 Å². The lowest BCUT2D eigenvalue weighted by Gasteiger charge is -2.29. The Balaban J connectivity index is 2.32. The van der Waals surface area contributed by atoms with Crippen molar-refractivity contribution in [2.75, 3.05) is 10.6 Å². The third-order valence-electron chi connectivity index (χ3n) is 4.17. The number of sulfonamides is 1. The summed E-state index contributed by atoms with van der Waals surface area (Å²) in [4.78, 5) is 12.6.